The van der Waals surface area contributed by atoms with E-state index in [0.717, 1.165) is 31.1 Å². The maximum atomic E-state index is 6.02. The molecule has 1 aliphatic rings. The Labute approximate surface area is 200 Å². The zero-order valence-electron chi connectivity index (χ0n) is 19.3. The van der Waals surface area contributed by atoms with Crippen molar-refractivity contribution < 1.29 is 9.47 Å². The summed E-state index contributed by atoms with van der Waals surface area (Å²) in [5.41, 5.74) is 3.94. The van der Waals surface area contributed by atoms with Crippen molar-refractivity contribution in [2.24, 2.45) is 0 Å². The number of rotatable bonds is 9. The molecule has 3 nitrogen and oxygen atoms in total. The molecule has 170 valence electrons. The second-order valence-corrected chi connectivity index (χ2v) is 9.63. The Morgan fingerprint density at radius 3 is 2.27 bits per heavy atom. The Balaban J connectivity index is 1.36. The van der Waals surface area contributed by atoms with Crippen molar-refractivity contribution in [3.8, 4) is 21.9 Å². The van der Waals surface area contributed by atoms with E-state index < -0.39 is 0 Å². The standard InChI is InChI=1S/C29H31NO2S/c1-2-31-24-13-9-22(10-14-24)21-27-26-7-3-4-8-28(26)33-29(27)23-11-15-25(16-12-23)32-20-19-30-17-5-6-18-30/h3-4,7-16H,2,5-6,17-21H2,1H3. The van der Waals surface area contributed by atoms with Gasteiger partial charge in [0.1, 0.15) is 18.1 Å². The zero-order chi connectivity index (χ0) is 22.5. The Kier molecular flexibility index (Phi) is 6.94. The van der Waals surface area contributed by atoms with Gasteiger partial charge in [-0.25, -0.2) is 0 Å². The van der Waals surface area contributed by atoms with E-state index in [1.807, 2.05) is 18.3 Å². The van der Waals surface area contributed by atoms with Gasteiger partial charge < -0.3 is 9.47 Å². The lowest BCUT2D eigenvalue weighted by atomic mass is 9.99. The smallest absolute Gasteiger partial charge is 0.119 e. The molecule has 0 atom stereocenters. The van der Waals surface area contributed by atoms with Crippen LogP contribution in [0.4, 0.5) is 0 Å². The number of nitrogens with zero attached hydrogens (tertiary/aromatic N) is 1. The van der Waals surface area contributed by atoms with Crippen molar-refractivity contribution in [3.63, 3.8) is 0 Å². The maximum Gasteiger partial charge on any atom is 0.119 e. The largest absolute Gasteiger partial charge is 0.494 e. The van der Waals surface area contributed by atoms with E-state index in [2.05, 4.69) is 77.7 Å². The Morgan fingerprint density at radius 1 is 0.818 bits per heavy atom. The molecule has 0 radical (unpaired) electrons. The summed E-state index contributed by atoms with van der Waals surface area (Å²) in [5, 5.41) is 1.34. The van der Waals surface area contributed by atoms with Gasteiger partial charge in [-0.1, -0.05) is 30.3 Å². The van der Waals surface area contributed by atoms with Crippen LogP contribution in [-0.4, -0.2) is 37.7 Å². The van der Waals surface area contributed by atoms with Gasteiger partial charge in [0.05, 0.1) is 6.61 Å². The van der Waals surface area contributed by atoms with E-state index in [4.69, 9.17) is 9.47 Å². The summed E-state index contributed by atoms with van der Waals surface area (Å²) in [4.78, 5) is 3.83. The van der Waals surface area contributed by atoms with E-state index in [0.29, 0.717) is 6.61 Å². The number of thiophene rings is 1. The van der Waals surface area contributed by atoms with E-state index in [1.165, 1.54) is 57.6 Å². The molecule has 0 saturated carbocycles. The Bertz CT molecular complexity index is 1170. The van der Waals surface area contributed by atoms with Crippen LogP contribution in [0.5, 0.6) is 11.5 Å². The first-order valence-corrected chi connectivity index (χ1v) is 12.8. The SMILES string of the molecule is CCOc1ccc(Cc2c(-c3ccc(OCCN4CCCC4)cc3)sc3ccccc23)cc1. The molecule has 4 heteroatoms. The van der Waals surface area contributed by atoms with Crippen LogP contribution in [0.2, 0.25) is 0 Å². The van der Waals surface area contributed by atoms with Crippen molar-refractivity contribution in [3.05, 3.63) is 83.9 Å². The number of hydrogen-bond donors (Lipinski definition) is 0. The average molecular weight is 458 g/mol. The maximum absolute atomic E-state index is 6.02. The normalized spacial score (nSPS) is 14.1. The summed E-state index contributed by atoms with van der Waals surface area (Å²) in [6, 6.07) is 25.9. The third-order valence-corrected chi connectivity index (χ3v) is 7.57. The molecule has 1 aromatic heterocycles. The van der Waals surface area contributed by atoms with Crippen molar-refractivity contribution in [1.29, 1.82) is 0 Å². The Hall–Kier alpha value is -2.82. The highest BCUT2D eigenvalue weighted by Crippen LogP contribution is 2.40. The second-order valence-electron chi connectivity index (χ2n) is 8.58. The lowest BCUT2D eigenvalue weighted by Gasteiger charge is -2.15. The molecular formula is C29H31NO2S. The first-order valence-electron chi connectivity index (χ1n) is 12.0. The molecule has 0 amide bonds. The predicted octanol–water partition coefficient (Wildman–Crippen LogP) is 7.03. The lowest BCUT2D eigenvalue weighted by Crippen LogP contribution is -2.25. The fourth-order valence-electron chi connectivity index (χ4n) is 4.58. The van der Waals surface area contributed by atoms with E-state index in [-0.39, 0.29) is 0 Å². The zero-order valence-corrected chi connectivity index (χ0v) is 20.1. The van der Waals surface area contributed by atoms with Crippen LogP contribution >= 0.6 is 11.3 Å². The number of ether oxygens (including phenoxy) is 2. The predicted molar refractivity (Wildman–Crippen MR) is 139 cm³/mol. The van der Waals surface area contributed by atoms with Gasteiger partial charge in [-0.2, -0.15) is 0 Å². The lowest BCUT2D eigenvalue weighted by molar-refractivity contribution is 0.238. The average Bonchev–Trinajstić information content (AvgIpc) is 3.49. The minimum atomic E-state index is 0.691. The third-order valence-electron chi connectivity index (χ3n) is 6.30. The highest BCUT2D eigenvalue weighted by atomic mass is 32.1. The minimum absolute atomic E-state index is 0.691. The first-order chi connectivity index (χ1) is 16.3. The molecule has 0 unspecified atom stereocenters. The minimum Gasteiger partial charge on any atom is -0.494 e. The molecule has 0 spiro atoms. The van der Waals surface area contributed by atoms with Crippen LogP contribution in [0.25, 0.3) is 20.5 Å². The van der Waals surface area contributed by atoms with E-state index in [9.17, 15) is 0 Å². The van der Waals surface area contributed by atoms with Crippen LogP contribution in [0.3, 0.4) is 0 Å². The van der Waals surface area contributed by atoms with E-state index in [1.54, 1.807) is 0 Å². The topological polar surface area (TPSA) is 21.7 Å². The molecule has 5 rings (SSSR count). The number of benzene rings is 3. The van der Waals surface area contributed by atoms with Gasteiger partial charge in [0, 0.05) is 16.1 Å². The van der Waals surface area contributed by atoms with Gasteiger partial charge >= 0.3 is 0 Å². The molecular weight excluding hydrogens is 426 g/mol. The first kappa shape index (κ1) is 22.0. The molecule has 1 fully saturated rings. The van der Waals surface area contributed by atoms with Gasteiger partial charge in [0.2, 0.25) is 0 Å². The van der Waals surface area contributed by atoms with Crippen molar-refractivity contribution in [1.82, 2.24) is 4.90 Å². The fraction of sp³-hybridized carbons (Fsp3) is 0.310. The van der Waals surface area contributed by atoms with Gasteiger partial charge in [-0.15, -0.1) is 11.3 Å². The van der Waals surface area contributed by atoms with Gasteiger partial charge in [-0.05, 0) is 104 Å². The molecule has 0 N–H and O–H groups in total. The van der Waals surface area contributed by atoms with Crippen LogP contribution in [0, 0.1) is 0 Å². The number of fused-ring (bicyclic) bond motifs is 1. The molecule has 0 aliphatic carbocycles. The van der Waals surface area contributed by atoms with Crippen molar-refractivity contribution in [2.75, 3.05) is 32.8 Å². The summed E-state index contributed by atoms with van der Waals surface area (Å²) in [7, 11) is 0. The highest BCUT2D eigenvalue weighted by molar-refractivity contribution is 7.22. The summed E-state index contributed by atoms with van der Waals surface area (Å²) < 4.78 is 13.0. The highest BCUT2D eigenvalue weighted by Gasteiger charge is 2.15. The summed E-state index contributed by atoms with van der Waals surface area (Å²) in [6.07, 6.45) is 3.55. The molecule has 3 aromatic carbocycles. The van der Waals surface area contributed by atoms with Crippen LogP contribution in [0.1, 0.15) is 30.9 Å². The number of hydrogen-bond acceptors (Lipinski definition) is 4. The van der Waals surface area contributed by atoms with Gasteiger partial charge in [-0.3, -0.25) is 4.90 Å². The van der Waals surface area contributed by atoms with Crippen LogP contribution in [0.15, 0.2) is 72.8 Å². The van der Waals surface area contributed by atoms with Crippen molar-refractivity contribution >= 4 is 21.4 Å². The van der Waals surface area contributed by atoms with Gasteiger partial charge in [0.25, 0.3) is 0 Å². The molecule has 0 bridgehead atoms. The summed E-state index contributed by atoms with van der Waals surface area (Å²) >= 11 is 1.88. The second kappa shape index (κ2) is 10.4. The van der Waals surface area contributed by atoms with Crippen molar-refractivity contribution in [2.45, 2.75) is 26.2 Å². The third kappa shape index (κ3) is 5.23. The quantitative estimate of drug-likeness (QED) is 0.269. The van der Waals surface area contributed by atoms with E-state index >= 15 is 0 Å². The summed E-state index contributed by atoms with van der Waals surface area (Å²) in [6.45, 7) is 6.91. The molecule has 1 saturated heterocycles. The molecule has 1 aliphatic heterocycles. The summed E-state index contributed by atoms with van der Waals surface area (Å²) in [5.74, 6) is 1.88. The molecule has 4 aromatic rings. The monoisotopic (exact) mass is 457 g/mol. The molecule has 33 heavy (non-hydrogen) atoms. The number of likely N-dealkylation sites (tertiary alicyclic amines) is 1. The molecule has 2 heterocycles. The fourth-order valence-corrected chi connectivity index (χ4v) is 5.81. The van der Waals surface area contributed by atoms with Crippen LogP contribution < -0.4 is 9.47 Å². The Morgan fingerprint density at radius 2 is 1.52 bits per heavy atom. The van der Waals surface area contributed by atoms with Gasteiger partial charge in [0.15, 0.2) is 0 Å². The van der Waals surface area contributed by atoms with Crippen LogP contribution in [-0.2, 0) is 6.42 Å².